The smallest absolute Gasteiger partial charge is 0.183 e. The molecule has 0 bridgehead atoms. The van der Waals surface area contributed by atoms with Crippen LogP contribution in [0.4, 0.5) is 5.82 Å². The first-order valence-corrected chi connectivity index (χ1v) is 8.02. The van der Waals surface area contributed by atoms with Crippen molar-refractivity contribution >= 4 is 5.82 Å². The van der Waals surface area contributed by atoms with Crippen molar-refractivity contribution in [3.05, 3.63) is 66.0 Å². The van der Waals surface area contributed by atoms with Crippen LogP contribution in [0, 0.1) is 11.3 Å². The van der Waals surface area contributed by atoms with E-state index < -0.39 is 0 Å². The van der Waals surface area contributed by atoms with E-state index in [1.165, 1.54) is 0 Å². The number of rotatable bonds is 6. The fourth-order valence-corrected chi connectivity index (χ4v) is 2.51. The highest BCUT2D eigenvalue weighted by atomic mass is 16.5. The molecule has 0 aliphatic carbocycles. The second-order valence-corrected chi connectivity index (χ2v) is 5.47. The minimum Gasteiger partial charge on any atom is -0.493 e. The summed E-state index contributed by atoms with van der Waals surface area (Å²) in [5.41, 5.74) is 2.73. The number of ether oxygens (including phenoxy) is 2. The van der Waals surface area contributed by atoms with Crippen molar-refractivity contribution in [1.29, 1.82) is 5.26 Å². The van der Waals surface area contributed by atoms with Gasteiger partial charge in [-0.3, -0.25) is 0 Å². The molecule has 3 aromatic rings. The highest BCUT2D eigenvalue weighted by Crippen LogP contribution is 2.31. The SMILES string of the molecule is COc1ccc(-c2cnc(NCc3ccccc3)c(C#N)n2)cc1OC. The van der Waals surface area contributed by atoms with Gasteiger partial charge in [-0.25, -0.2) is 9.97 Å². The van der Waals surface area contributed by atoms with Gasteiger partial charge in [-0.15, -0.1) is 0 Å². The summed E-state index contributed by atoms with van der Waals surface area (Å²) in [6.07, 6.45) is 1.63. The first-order chi connectivity index (χ1) is 12.7. The van der Waals surface area contributed by atoms with Crippen molar-refractivity contribution in [2.24, 2.45) is 0 Å². The second-order valence-electron chi connectivity index (χ2n) is 5.47. The van der Waals surface area contributed by atoms with Gasteiger partial charge >= 0.3 is 0 Å². The molecule has 6 nitrogen and oxygen atoms in total. The van der Waals surface area contributed by atoms with Gasteiger partial charge in [0.05, 0.1) is 26.1 Å². The van der Waals surface area contributed by atoms with E-state index in [9.17, 15) is 5.26 Å². The molecular formula is C20H18N4O2. The molecule has 130 valence electrons. The monoisotopic (exact) mass is 346 g/mol. The van der Waals surface area contributed by atoms with Gasteiger partial charge in [0.15, 0.2) is 23.0 Å². The van der Waals surface area contributed by atoms with Gasteiger partial charge in [-0.2, -0.15) is 5.26 Å². The van der Waals surface area contributed by atoms with Crippen LogP contribution < -0.4 is 14.8 Å². The highest BCUT2D eigenvalue weighted by Gasteiger charge is 2.11. The molecule has 6 heteroatoms. The van der Waals surface area contributed by atoms with E-state index in [0.29, 0.717) is 29.6 Å². The Balaban J connectivity index is 1.86. The average molecular weight is 346 g/mol. The molecule has 1 heterocycles. The van der Waals surface area contributed by atoms with Crippen LogP contribution in [-0.4, -0.2) is 24.2 Å². The van der Waals surface area contributed by atoms with E-state index in [4.69, 9.17) is 9.47 Å². The van der Waals surface area contributed by atoms with Gasteiger partial charge in [0.2, 0.25) is 0 Å². The number of hydrogen-bond donors (Lipinski definition) is 1. The van der Waals surface area contributed by atoms with E-state index in [2.05, 4.69) is 21.4 Å². The first kappa shape index (κ1) is 17.2. The topological polar surface area (TPSA) is 80.1 Å². The van der Waals surface area contributed by atoms with Crippen molar-refractivity contribution in [1.82, 2.24) is 9.97 Å². The van der Waals surface area contributed by atoms with Crippen LogP contribution in [-0.2, 0) is 6.54 Å². The van der Waals surface area contributed by atoms with Crippen LogP contribution >= 0.6 is 0 Å². The minimum absolute atomic E-state index is 0.244. The van der Waals surface area contributed by atoms with Crippen LogP contribution in [0.3, 0.4) is 0 Å². The van der Waals surface area contributed by atoms with Gasteiger partial charge in [0.25, 0.3) is 0 Å². The average Bonchev–Trinajstić information content (AvgIpc) is 2.72. The summed E-state index contributed by atoms with van der Waals surface area (Å²) in [6, 6.07) is 17.5. The van der Waals surface area contributed by atoms with Crippen molar-refractivity contribution in [2.45, 2.75) is 6.54 Å². The Bertz CT molecular complexity index is 936. The zero-order valence-corrected chi connectivity index (χ0v) is 14.6. The van der Waals surface area contributed by atoms with Crippen molar-refractivity contribution in [3.8, 4) is 28.8 Å². The molecule has 1 N–H and O–H groups in total. The molecule has 0 unspecified atom stereocenters. The molecule has 2 aromatic carbocycles. The van der Waals surface area contributed by atoms with Crippen LogP contribution in [0.2, 0.25) is 0 Å². The van der Waals surface area contributed by atoms with E-state index in [-0.39, 0.29) is 5.69 Å². The van der Waals surface area contributed by atoms with Crippen LogP contribution in [0.5, 0.6) is 11.5 Å². The Morgan fingerprint density at radius 2 is 1.81 bits per heavy atom. The van der Waals surface area contributed by atoms with Gasteiger partial charge in [0.1, 0.15) is 6.07 Å². The maximum atomic E-state index is 9.43. The quantitative estimate of drug-likeness (QED) is 0.734. The summed E-state index contributed by atoms with van der Waals surface area (Å²) in [6.45, 7) is 0.569. The van der Waals surface area contributed by atoms with E-state index in [1.807, 2.05) is 36.4 Å². The maximum absolute atomic E-state index is 9.43. The molecule has 1 aromatic heterocycles. The highest BCUT2D eigenvalue weighted by molar-refractivity contribution is 5.65. The lowest BCUT2D eigenvalue weighted by Crippen LogP contribution is -2.05. The largest absolute Gasteiger partial charge is 0.493 e. The first-order valence-electron chi connectivity index (χ1n) is 8.02. The lowest BCUT2D eigenvalue weighted by atomic mass is 10.1. The number of nitrogens with zero attached hydrogens (tertiary/aromatic N) is 3. The number of methoxy groups -OCH3 is 2. The van der Waals surface area contributed by atoms with E-state index in [1.54, 1.807) is 32.5 Å². The molecule has 26 heavy (non-hydrogen) atoms. The van der Waals surface area contributed by atoms with Crippen molar-refractivity contribution in [2.75, 3.05) is 19.5 Å². The Morgan fingerprint density at radius 1 is 1.04 bits per heavy atom. The molecule has 0 amide bonds. The molecule has 0 aliphatic heterocycles. The second kappa shape index (κ2) is 7.99. The summed E-state index contributed by atoms with van der Waals surface area (Å²) in [7, 11) is 3.16. The lowest BCUT2D eigenvalue weighted by Gasteiger charge is -2.11. The van der Waals surface area contributed by atoms with E-state index in [0.717, 1.165) is 11.1 Å². The van der Waals surface area contributed by atoms with Crippen LogP contribution in [0.1, 0.15) is 11.3 Å². The molecule has 0 fully saturated rings. The van der Waals surface area contributed by atoms with E-state index >= 15 is 0 Å². The zero-order chi connectivity index (χ0) is 18.4. The Kier molecular flexibility index (Phi) is 5.30. The predicted molar refractivity (Wildman–Crippen MR) is 99.1 cm³/mol. The van der Waals surface area contributed by atoms with Gasteiger partial charge in [-0.05, 0) is 23.8 Å². The number of hydrogen-bond acceptors (Lipinski definition) is 6. The summed E-state index contributed by atoms with van der Waals surface area (Å²) in [4.78, 5) is 8.79. The fourth-order valence-electron chi connectivity index (χ4n) is 2.51. The fraction of sp³-hybridized carbons (Fsp3) is 0.150. The Hall–Kier alpha value is -3.59. The molecule has 0 saturated heterocycles. The number of aromatic nitrogens is 2. The van der Waals surface area contributed by atoms with Crippen LogP contribution in [0.25, 0.3) is 11.3 Å². The van der Waals surface area contributed by atoms with Gasteiger partial charge in [-0.1, -0.05) is 30.3 Å². The molecule has 3 rings (SSSR count). The number of anilines is 1. The summed E-state index contributed by atoms with van der Waals surface area (Å²) in [5, 5.41) is 12.6. The number of nitriles is 1. The standard InChI is InChI=1S/C20H18N4O2/c1-25-18-9-8-15(10-19(18)26-2)17-13-23-20(16(11-21)24-17)22-12-14-6-4-3-5-7-14/h3-10,13H,12H2,1-2H3,(H,22,23). The third-order valence-electron chi connectivity index (χ3n) is 3.86. The third-order valence-corrected chi connectivity index (χ3v) is 3.86. The Labute approximate surface area is 152 Å². The molecule has 0 saturated carbocycles. The molecular weight excluding hydrogens is 328 g/mol. The zero-order valence-electron chi connectivity index (χ0n) is 14.6. The molecule has 0 radical (unpaired) electrons. The molecule has 0 spiro atoms. The number of benzene rings is 2. The third kappa shape index (κ3) is 3.73. The lowest BCUT2D eigenvalue weighted by molar-refractivity contribution is 0.355. The maximum Gasteiger partial charge on any atom is 0.183 e. The molecule has 0 aliphatic rings. The van der Waals surface area contributed by atoms with Crippen molar-refractivity contribution < 1.29 is 9.47 Å². The molecule has 0 atom stereocenters. The van der Waals surface area contributed by atoms with Crippen LogP contribution in [0.15, 0.2) is 54.7 Å². The normalized spacial score (nSPS) is 10.0. The van der Waals surface area contributed by atoms with Gasteiger partial charge < -0.3 is 14.8 Å². The summed E-state index contributed by atoms with van der Waals surface area (Å²) in [5.74, 6) is 1.68. The van der Waals surface area contributed by atoms with Crippen molar-refractivity contribution in [3.63, 3.8) is 0 Å². The minimum atomic E-state index is 0.244. The van der Waals surface area contributed by atoms with Gasteiger partial charge in [0, 0.05) is 12.1 Å². The predicted octanol–water partition coefficient (Wildman–Crippen LogP) is 3.64. The Morgan fingerprint density at radius 3 is 2.50 bits per heavy atom. The summed E-state index contributed by atoms with van der Waals surface area (Å²) >= 11 is 0. The summed E-state index contributed by atoms with van der Waals surface area (Å²) < 4.78 is 10.6. The number of nitrogens with one attached hydrogen (secondary N) is 1.